The van der Waals surface area contributed by atoms with E-state index < -0.39 is 12.1 Å². The molecule has 2 aliphatic rings. The molecule has 2 saturated carbocycles. The van der Waals surface area contributed by atoms with Crippen LogP contribution in [0.15, 0.2) is 35.5 Å². The van der Waals surface area contributed by atoms with Crippen LogP contribution in [0, 0.1) is 17.8 Å². The van der Waals surface area contributed by atoms with Crippen molar-refractivity contribution in [2.75, 3.05) is 0 Å². The predicted octanol–water partition coefficient (Wildman–Crippen LogP) is 5.02. The molecule has 0 spiro atoms. The molecular weight excluding hydrogens is 352 g/mol. The van der Waals surface area contributed by atoms with Gasteiger partial charge in [-0.05, 0) is 77.0 Å². The van der Waals surface area contributed by atoms with Crippen LogP contribution in [0.2, 0.25) is 0 Å². The fourth-order valence-electron chi connectivity index (χ4n) is 4.74. The lowest BCUT2D eigenvalue weighted by Crippen LogP contribution is -2.17. The molecule has 4 heteroatoms. The average molecular weight is 391 g/mol. The number of fused-ring (bicyclic) bond motifs is 1. The summed E-state index contributed by atoms with van der Waals surface area (Å²) in [5, 5.41) is 29.4. The lowest BCUT2D eigenvalue weighted by atomic mass is 9.90. The van der Waals surface area contributed by atoms with E-state index in [1.165, 1.54) is 11.1 Å². The van der Waals surface area contributed by atoms with Gasteiger partial charge in [0.15, 0.2) is 0 Å². The predicted molar refractivity (Wildman–Crippen MR) is 113 cm³/mol. The van der Waals surface area contributed by atoms with Gasteiger partial charge in [-0.2, -0.15) is 0 Å². The Kier molecular flexibility index (Phi) is 9.46. The summed E-state index contributed by atoms with van der Waals surface area (Å²) >= 11 is 0. The Bertz CT molecular complexity index is 585. The molecule has 28 heavy (non-hydrogen) atoms. The topological polar surface area (TPSA) is 77.8 Å². The molecule has 0 heterocycles. The van der Waals surface area contributed by atoms with Crippen molar-refractivity contribution >= 4 is 5.97 Å². The highest BCUT2D eigenvalue weighted by atomic mass is 16.4. The highest BCUT2D eigenvalue weighted by Gasteiger charge is 2.44. The number of allylic oxidation sites excluding steroid dienone is 4. The second-order valence-corrected chi connectivity index (χ2v) is 8.88. The van der Waals surface area contributed by atoms with Crippen molar-refractivity contribution in [1.82, 2.24) is 0 Å². The summed E-state index contributed by atoms with van der Waals surface area (Å²) in [5.41, 5.74) is 2.77. The lowest BCUT2D eigenvalue weighted by molar-refractivity contribution is -0.137. The minimum absolute atomic E-state index is 0.134. The zero-order valence-corrected chi connectivity index (χ0v) is 17.5. The van der Waals surface area contributed by atoms with Crippen molar-refractivity contribution in [3.05, 3.63) is 35.5 Å². The molecular formula is C24H38O4. The molecule has 5 atom stereocenters. The minimum Gasteiger partial charge on any atom is -0.481 e. The normalized spacial score (nSPS) is 29.4. The zero-order valence-electron chi connectivity index (χ0n) is 17.5. The quantitative estimate of drug-likeness (QED) is 0.342. The Morgan fingerprint density at radius 1 is 1.18 bits per heavy atom. The van der Waals surface area contributed by atoms with Gasteiger partial charge in [0, 0.05) is 12.3 Å². The first kappa shape index (κ1) is 22.9. The van der Waals surface area contributed by atoms with Crippen LogP contribution in [0.4, 0.5) is 0 Å². The van der Waals surface area contributed by atoms with Gasteiger partial charge in [-0.1, -0.05) is 41.9 Å². The fourth-order valence-corrected chi connectivity index (χ4v) is 4.74. The molecule has 0 bridgehead atoms. The van der Waals surface area contributed by atoms with E-state index in [1.54, 1.807) is 0 Å². The van der Waals surface area contributed by atoms with Gasteiger partial charge in [0.2, 0.25) is 0 Å². The molecule has 2 aliphatic carbocycles. The third kappa shape index (κ3) is 7.56. The first-order chi connectivity index (χ1) is 13.4. The maximum Gasteiger partial charge on any atom is 0.303 e. The Labute approximate surface area is 170 Å². The summed E-state index contributed by atoms with van der Waals surface area (Å²) in [7, 11) is 0. The van der Waals surface area contributed by atoms with Crippen molar-refractivity contribution in [2.45, 2.75) is 90.3 Å². The van der Waals surface area contributed by atoms with E-state index in [2.05, 4.69) is 32.1 Å². The molecule has 0 saturated heterocycles. The van der Waals surface area contributed by atoms with Crippen molar-refractivity contribution < 1.29 is 20.1 Å². The van der Waals surface area contributed by atoms with Gasteiger partial charge in [0.25, 0.3) is 0 Å². The molecule has 3 unspecified atom stereocenters. The number of hydrogen-bond acceptors (Lipinski definition) is 3. The first-order valence-electron chi connectivity index (χ1n) is 10.9. The van der Waals surface area contributed by atoms with E-state index in [0.29, 0.717) is 18.3 Å². The molecule has 2 rings (SSSR count). The molecule has 3 N–H and O–H groups in total. The largest absolute Gasteiger partial charge is 0.481 e. The van der Waals surface area contributed by atoms with Gasteiger partial charge >= 0.3 is 5.97 Å². The Morgan fingerprint density at radius 2 is 1.96 bits per heavy atom. The molecule has 2 fully saturated rings. The molecule has 0 aromatic rings. The van der Waals surface area contributed by atoms with E-state index in [4.69, 9.17) is 5.11 Å². The van der Waals surface area contributed by atoms with E-state index >= 15 is 0 Å². The first-order valence-corrected chi connectivity index (χ1v) is 10.9. The summed E-state index contributed by atoms with van der Waals surface area (Å²) in [6.45, 7) is 4.22. The standard InChI is InChI=1S/C24H38O4/c1-17(2)8-4-3-5-10-20(25)12-13-21-22-15-18(9-6-7-11-24(27)28)14-19(22)16-23(21)26/h8-9,12-13,19-23,25-26H,3-7,10-11,14-16H2,1-2H3,(H,27,28)/t19?,20?,21-,22+,23?/m1/s1. The van der Waals surface area contributed by atoms with Crippen LogP contribution in [0.3, 0.4) is 0 Å². The lowest BCUT2D eigenvalue weighted by Gasteiger charge is -2.17. The third-order valence-corrected chi connectivity index (χ3v) is 6.20. The Morgan fingerprint density at radius 3 is 2.68 bits per heavy atom. The SMILES string of the molecule is CC(C)=CCCCCC(O)C=C[C@H]1C(O)CC2CC(=CCCCC(=O)O)C[C@@H]21. The van der Waals surface area contributed by atoms with Crippen LogP contribution in [0.1, 0.15) is 78.1 Å². The number of carboxylic acid groups (broad SMARTS) is 1. The maximum atomic E-state index is 10.6. The van der Waals surface area contributed by atoms with Crippen molar-refractivity contribution in [3.8, 4) is 0 Å². The zero-order chi connectivity index (χ0) is 20.5. The summed E-state index contributed by atoms with van der Waals surface area (Å²) in [6, 6.07) is 0. The monoisotopic (exact) mass is 390 g/mol. The smallest absolute Gasteiger partial charge is 0.303 e. The third-order valence-electron chi connectivity index (χ3n) is 6.20. The number of unbranched alkanes of at least 4 members (excludes halogenated alkanes) is 3. The summed E-state index contributed by atoms with van der Waals surface area (Å²) in [5.74, 6) is 0.388. The van der Waals surface area contributed by atoms with Gasteiger partial charge in [0.05, 0.1) is 12.2 Å². The van der Waals surface area contributed by atoms with Crippen LogP contribution in [-0.2, 0) is 4.79 Å². The van der Waals surface area contributed by atoms with E-state index in [1.807, 2.05) is 6.08 Å². The minimum atomic E-state index is -0.731. The molecule has 0 radical (unpaired) electrons. The van der Waals surface area contributed by atoms with Crippen LogP contribution in [0.5, 0.6) is 0 Å². The Balaban J connectivity index is 1.76. The van der Waals surface area contributed by atoms with Crippen LogP contribution in [-0.4, -0.2) is 33.5 Å². The molecule has 158 valence electrons. The van der Waals surface area contributed by atoms with Crippen LogP contribution >= 0.6 is 0 Å². The van der Waals surface area contributed by atoms with Gasteiger partial charge in [-0.25, -0.2) is 0 Å². The molecule has 0 aliphatic heterocycles. The van der Waals surface area contributed by atoms with Gasteiger partial charge in [-0.15, -0.1) is 0 Å². The number of aliphatic hydroxyl groups excluding tert-OH is 2. The fraction of sp³-hybridized carbons (Fsp3) is 0.708. The Hall–Kier alpha value is -1.39. The highest BCUT2D eigenvalue weighted by Crippen LogP contribution is 2.50. The second-order valence-electron chi connectivity index (χ2n) is 8.88. The second kappa shape index (κ2) is 11.6. The molecule has 4 nitrogen and oxygen atoms in total. The highest BCUT2D eigenvalue weighted by molar-refractivity contribution is 5.66. The summed E-state index contributed by atoms with van der Waals surface area (Å²) in [6.07, 6.45) is 16.3. The number of hydrogen-bond donors (Lipinski definition) is 3. The van der Waals surface area contributed by atoms with Crippen molar-refractivity contribution in [3.63, 3.8) is 0 Å². The summed E-state index contributed by atoms with van der Waals surface area (Å²) < 4.78 is 0. The van der Waals surface area contributed by atoms with Crippen molar-refractivity contribution in [2.24, 2.45) is 17.8 Å². The maximum absolute atomic E-state index is 10.6. The number of aliphatic carboxylic acids is 1. The van der Waals surface area contributed by atoms with Crippen molar-refractivity contribution in [1.29, 1.82) is 0 Å². The van der Waals surface area contributed by atoms with Crippen LogP contribution < -0.4 is 0 Å². The summed E-state index contributed by atoms with van der Waals surface area (Å²) in [4.78, 5) is 10.6. The van der Waals surface area contributed by atoms with Gasteiger partial charge in [-0.3, -0.25) is 4.79 Å². The molecule has 0 aromatic heterocycles. The van der Waals surface area contributed by atoms with Crippen LogP contribution in [0.25, 0.3) is 0 Å². The number of rotatable bonds is 11. The number of carbonyl (C=O) groups is 1. The average Bonchev–Trinajstić information content (AvgIpc) is 3.12. The van der Waals surface area contributed by atoms with Gasteiger partial charge in [0.1, 0.15) is 0 Å². The molecule has 0 amide bonds. The van der Waals surface area contributed by atoms with Gasteiger partial charge < -0.3 is 15.3 Å². The van der Waals surface area contributed by atoms with E-state index in [-0.39, 0.29) is 18.4 Å². The van der Waals surface area contributed by atoms with E-state index in [9.17, 15) is 15.0 Å². The van der Waals surface area contributed by atoms with E-state index in [0.717, 1.165) is 51.4 Å². The molecule has 0 aromatic carbocycles. The number of aliphatic hydroxyl groups is 2. The number of carboxylic acids is 1.